The van der Waals surface area contributed by atoms with Crippen LogP contribution >= 0.6 is 0 Å². The number of aliphatic carboxylic acids is 1. The molecule has 1 atom stereocenters. The fraction of sp³-hybridized carbons (Fsp3) is 0.417. The van der Waals surface area contributed by atoms with Gasteiger partial charge in [-0.2, -0.15) is 0 Å². The predicted octanol–water partition coefficient (Wildman–Crippen LogP) is 3.07. The standard InChI is InChI=1S/C12H14F2O2/c1-8(12(15)16)10-5-2-9(3-6-10)4-7-11(13)14/h2-3,5-6,8,11H,4,7H2,1H3,(H,15,16). The van der Waals surface area contributed by atoms with Gasteiger partial charge in [0, 0.05) is 6.42 Å². The van der Waals surface area contributed by atoms with E-state index in [1.165, 1.54) is 0 Å². The molecule has 0 spiro atoms. The highest BCUT2D eigenvalue weighted by molar-refractivity contribution is 5.75. The van der Waals surface area contributed by atoms with Gasteiger partial charge in [0.05, 0.1) is 5.92 Å². The Morgan fingerprint density at radius 1 is 1.31 bits per heavy atom. The summed E-state index contributed by atoms with van der Waals surface area (Å²) in [5.74, 6) is -1.45. The number of rotatable bonds is 5. The smallest absolute Gasteiger partial charge is 0.310 e. The summed E-state index contributed by atoms with van der Waals surface area (Å²) in [5.41, 5.74) is 1.50. The number of hydrogen-bond acceptors (Lipinski definition) is 1. The maximum atomic E-state index is 12.0. The minimum Gasteiger partial charge on any atom is -0.481 e. The molecule has 16 heavy (non-hydrogen) atoms. The van der Waals surface area contributed by atoms with Crippen LogP contribution in [-0.4, -0.2) is 17.5 Å². The van der Waals surface area contributed by atoms with Crippen LogP contribution in [0.5, 0.6) is 0 Å². The fourth-order valence-electron chi connectivity index (χ4n) is 1.39. The number of carbonyl (C=O) groups is 1. The molecule has 0 bridgehead atoms. The van der Waals surface area contributed by atoms with Gasteiger partial charge in [0.2, 0.25) is 6.43 Å². The van der Waals surface area contributed by atoms with E-state index in [-0.39, 0.29) is 6.42 Å². The Hall–Kier alpha value is -1.45. The van der Waals surface area contributed by atoms with Gasteiger partial charge < -0.3 is 5.11 Å². The Bertz CT molecular complexity index is 347. The highest BCUT2D eigenvalue weighted by Gasteiger charge is 2.13. The van der Waals surface area contributed by atoms with Crippen LogP contribution in [0, 0.1) is 0 Å². The van der Waals surface area contributed by atoms with Gasteiger partial charge in [0.1, 0.15) is 0 Å². The van der Waals surface area contributed by atoms with Gasteiger partial charge in [-0.1, -0.05) is 24.3 Å². The molecule has 0 aromatic heterocycles. The van der Waals surface area contributed by atoms with E-state index in [9.17, 15) is 13.6 Å². The molecule has 0 aliphatic rings. The SMILES string of the molecule is CC(C(=O)O)c1ccc(CCC(F)F)cc1. The molecule has 1 aromatic carbocycles. The maximum absolute atomic E-state index is 12.0. The summed E-state index contributed by atoms with van der Waals surface area (Å²) >= 11 is 0. The van der Waals surface area contributed by atoms with Crippen LogP contribution in [0.25, 0.3) is 0 Å². The molecule has 4 heteroatoms. The van der Waals surface area contributed by atoms with Gasteiger partial charge in [-0.15, -0.1) is 0 Å². The average molecular weight is 228 g/mol. The average Bonchev–Trinajstić information content (AvgIpc) is 2.26. The van der Waals surface area contributed by atoms with Crippen molar-refractivity contribution < 1.29 is 18.7 Å². The lowest BCUT2D eigenvalue weighted by atomic mass is 9.99. The normalized spacial score (nSPS) is 12.8. The van der Waals surface area contributed by atoms with Crippen LogP contribution in [0.1, 0.15) is 30.4 Å². The van der Waals surface area contributed by atoms with Crippen molar-refractivity contribution in [3.63, 3.8) is 0 Å². The third kappa shape index (κ3) is 3.61. The van der Waals surface area contributed by atoms with Crippen LogP contribution in [0.2, 0.25) is 0 Å². The van der Waals surface area contributed by atoms with E-state index in [4.69, 9.17) is 5.11 Å². The molecule has 1 rings (SSSR count). The molecule has 0 aliphatic carbocycles. The number of halogens is 2. The van der Waals surface area contributed by atoms with Crippen molar-refractivity contribution in [3.8, 4) is 0 Å². The Balaban J connectivity index is 2.64. The second-order valence-electron chi connectivity index (χ2n) is 3.73. The van der Waals surface area contributed by atoms with Gasteiger partial charge in [0.15, 0.2) is 0 Å². The van der Waals surface area contributed by atoms with E-state index in [0.29, 0.717) is 12.0 Å². The Morgan fingerprint density at radius 3 is 2.31 bits per heavy atom. The predicted molar refractivity (Wildman–Crippen MR) is 56.8 cm³/mol. The van der Waals surface area contributed by atoms with Crippen molar-refractivity contribution >= 4 is 5.97 Å². The van der Waals surface area contributed by atoms with Gasteiger partial charge in [-0.3, -0.25) is 4.79 Å². The van der Waals surface area contributed by atoms with Crippen LogP contribution in [0.3, 0.4) is 0 Å². The van der Waals surface area contributed by atoms with Crippen molar-refractivity contribution in [1.82, 2.24) is 0 Å². The molecule has 0 saturated heterocycles. The van der Waals surface area contributed by atoms with Gasteiger partial charge in [-0.25, -0.2) is 8.78 Å². The molecule has 0 saturated carbocycles. The highest BCUT2D eigenvalue weighted by Crippen LogP contribution is 2.17. The summed E-state index contributed by atoms with van der Waals surface area (Å²) in [6.07, 6.45) is -2.13. The monoisotopic (exact) mass is 228 g/mol. The first kappa shape index (κ1) is 12.6. The fourth-order valence-corrected chi connectivity index (χ4v) is 1.39. The number of carboxylic acid groups (broad SMARTS) is 1. The second-order valence-corrected chi connectivity index (χ2v) is 3.73. The van der Waals surface area contributed by atoms with E-state index in [1.54, 1.807) is 31.2 Å². The molecular formula is C12H14F2O2. The van der Waals surface area contributed by atoms with Crippen molar-refractivity contribution in [3.05, 3.63) is 35.4 Å². The minimum atomic E-state index is -2.29. The Labute approximate surface area is 92.9 Å². The molecule has 0 amide bonds. The van der Waals surface area contributed by atoms with Gasteiger partial charge >= 0.3 is 5.97 Å². The molecule has 88 valence electrons. The summed E-state index contributed by atoms with van der Waals surface area (Å²) in [4.78, 5) is 10.7. The van der Waals surface area contributed by atoms with Crippen LogP contribution in [0.4, 0.5) is 8.78 Å². The van der Waals surface area contributed by atoms with Gasteiger partial charge in [0.25, 0.3) is 0 Å². The molecule has 0 aliphatic heterocycles. The zero-order valence-electron chi connectivity index (χ0n) is 8.99. The van der Waals surface area contributed by atoms with E-state index >= 15 is 0 Å². The second kappa shape index (κ2) is 5.58. The van der Waals surface area contributed by atoms with Crippen LogP contribution < -0.4 is 0 Å². The molecule has 2 nitrogen and oxygen atoms in total. The number of alkyl halides is 2. The number of benzene rings is 1. The summed E-state index contributed by atoms with van der Waals surface area (Å²) in [6.45, 7) is 1.59. The maximum Gasteiger partial charge on any atom is 0.310 e. The zero-order chi connectivity index (χ0) is 12.1. The summed E-state index contributed by atoms with van der Waals surface area (Å²) < 4.78 is 23.9. The van der Waals surface area contributed by atoms with Gasteiger partial charge in [-0.05, 0) is 24.5 Å². The van der Waals surface area contributed by atoms with E-state index < -0.39 is 18.3 Å². The molecular weight excluding hydrogens is 214 g/mol. The van der Waals surface area contributed by atoms with Crippen LogP contribution in [-0.2, 0) is 11.2 Å². The third-order valence-electron chi connectivity index (χ3n) is 2.50. The molecule has 1 aromatic rings. The van der Waals surface area contributed by atoms with Crippen molar-refractivity contribution in [2.75, 3.05) is 0 Å². The minimum absolute atomic E-state index is 0.159. The largest absolute Gasteiger partial charge is 0.481 e. The summed E-state index contributed by atoms with van der Waals surface area (Å²) in [7, 11) is 0. The molecule has 0 fully saturated rings. The lowest BCUT2D eigenvalue weighted by Crippen LogP contribution is -2.07. The van der Waals surface area contributed by atoms with Crippen molar-refractivity contribution in [1.29, 1.82) is 0 Å². The first-order valence-corrected chi connectivity index (χ1v) is 5.10. The highest BCUT2D eigenvalue weighted by atomic mass is 19.3. The summed E-state index contributed by atoms with van der Waals surface area (Å²) in [5, 5.41) is 8.78. The first-order valence-electron chi connectivity index (χ1n) is 5.10. The Kier molecular flexibility index (Phi) is 4.40. The quantitative estimate of drug-likeness (QED) is 0.840. The summed E-state index contributed by atoms with van der Waals surface area (Å²) in [6, 6.07) is 6.77. The topological polar surface area (TPSA) is 37.3 Å². The Morgan fingerprint density at radius 2 is 1.88 bits per heavy atom. The zero-order valence-corrected chi connectivity index (χ0v) is 8.99. The number of hydrogen-bond donors (Lipinski definition) is 1. The lowest BCUT2D eigenvalue weighted by Gasteiger charge is -2.07. The van der Waals surface area contributed by atoms with Crippen LogP contribution in [0.15, 0.2) is 24.3 Å². The lowest BCUT2D eigenvalue weighted by molar-refractivity contribution is -0.138. The number of carboxylic acids is 1. The first-order chi connectivity index (χ1) is 7.50. The van der Waals surface area contributed by atoms with Crippen molar-refractivity contribution in [2.24, 2.45) is 0 Å². The molecule has 1 N–H and O–H groups in total. The number of aryl methyl sites for hydroxylation is 1. The van der Waals surface area contributed by atoms with E-state index in [0.717, 1.165) is 5.56 Å². The molecule has 1 unspecified atom stereocenters. The van der Waals surface area contributed by atoms with Crippen molar-refractivity contribution in [2.45, 2.75) is 32.1 Å². The molecule has 0 heterocycles. The third-order valence-corrected chi connectivity index (χ3v) is 2.50. The van der Waals surface area contributed by atoms with E-state index in [2.05, 4.69) is 0 Å². The van der Waals surface area contributed by atoms with E-state index in [1.807, 2.05) is 0 Å². The molecule has 0 radical (unpaired) electrons.